The number of rotatable bonds is 34. The number of carbonyl (C=O) groups excluding carboxylic acids is 2. The number of likely N-dealkylation sites (N-methyl/N-ethyl adjacent to an activating group) is 1. The van der Waals surface area contributed by atoms with Crippen molar-refractivity contribution in [3.8, 4) is 0 Å². The maximum Gasteiger partial charge on any atom is 0.268 e. The molecule has 0 heterocycles. The smallest absolute Gasteiger partial charge is 0.268 e. The number of hydrogen-bond acceptors (Lipinski definition) is 7. The summed E-state index contributed by atoms with van der Waals surface area (Å²) in [5.74, 6) is -0.506. The second-order valence-electron chi connectivity index (χ2n) is 14.3. The Balaban J connectivity index is 4.80. The number of nitrogens with zero attached hydrogens (tertiary/aromatic N) is 1. The predicted molar refractivity (Wildman–Crippen MR) is 215 cm³/mol. The van der Waals surface area contributed by atoms with E-state index in [0.717, 1.165) is 32.1 Å². The van der Waals surface area contributed by atoms with Crippen LogP contribution >= 0.6 is 7.82 Å². The Kier molecular flexibility index (Phi) is 31.7. The van der Waals surface area contributed by atoms with E-state index in [1.807, 2.05) is 39.4 Å². The molecule has 1 unspecified atom stereocenters. The molecule has 0 aromatic rings. The van der Waals surface area contributed by atoms with Crippen molar-refractivity contribution in [3.05, 3.63) is 72.9 Å². The van der Waals surface area contributed by atoms with Crippen LogP contribution in [0.1, 0.15) is 129 Å². The molecule has 0 bridgehead atoms. The SMILES string of the molecule is CCCCC/C=C\C/C=C\C/C=C\C=C\C(=O)CCCC(=O)N[C@@H](COP(=O)([O-])OCC[N+](C)(C)C)[C@H](O)/C=C/CC/C=C\CCCCCCCC. The van der Waals surface area contributed by atoms with E-state index in [-0.39, 0.29) is 25.2 Å². The standard InChI is InChI=1S/C42H73N2O7P/c1-6-8-10-12-14-16-18-20-21-23-25-27-29-32-39(45)33-31-35-42(47)43-40(38-51-52(48,49)50-37-36-44(3,4)5)41(46)34-30-28-26-24-22-19-17-15-13-11-9-7-2/h14,16,20-22,24-25,27,29-30,32,34,40-41,46H,6-13,15,17-19,23,26,28,31,33,35-38H2,1-5H3,(H-,43,47,48,49)/b16-14-,21-20-,24-22-,27-25-,32-29+,34-30+/t40-,41+/m0/s1. The number of aliphatic hydroxyl groups is 1. The lowest BCUT2D eigenvalue weighted by Gasteiger charge is -2.29. The van der Waals surface area contributed by atoms with Gasteiger partial charge in [-0.15, -0.1) is 0 Å². The van der Waals surface area contributed by atoms with Gasteiger partial charge in [0.2, 0.25) is 5.91 Å². The van der Waals surface area contributed by atoms with Crippen LogP contribution in [-0.4, -0.2) is 74.3 Å². The summed E-state index contributed by atoms with van der Waals surface area (Å²) < 4.78 is 23.0. The highest BCUT2D eigenvalue weighted by Gasteiger charge is 2.23. The Morgan fingerprint density at radius 1 is 0.731 bits per heavy atom. The van der Waals surface area contributed by atoms with Crippen LogP contribution in [0.15, 0.2) is 72.9 Å². The number of aliphatic hydroxyl groups excluding tert-OH is 1. The Morgan fingerprint density at radius 3 is 2.02 bits per heavy atom. The maximum atomic E-state index is 12.8. The average Bonchev–Trinajstić information content (AvgIpc) is 3.08. The summed E-state index contributed by atoms with van der Waals surface area (Å²) in [5, 5.41) is 13.5. The third-order valence-electron chi connectivity index (χ3n) is 8.11. The summed E-state index contributed by atoms with van der Waals surface area (Å²) in [4.78, 5) is 37.4. The number of phosphoric acid groups is 1. The summed E-state index contributed by atoms with van der Waals surface area (Å²) >= 11 is 0. The van der Waals surface area contributed by atoms with Crippen molar-refractivity contribution in [2.75, 3.05) is 40.9 Å². The van der Waals surface area contributed by atoms with Gasteiger partial charge in [-0.3, -0.25) is 14.2 Å². The lowest BCUT2D eigenvalue weighted by Crippen LogP contribution is -2.45. The van der Waals surface area contributed by atoms with Crippen molar-refractivity contribution < 1.29 is 37.7 Å². The average molecular weight is 749 g/mol. The second kappa shape index (κ2) is 33.2. The highest BCUT2D eigenvalue weighted by molar-refractivity contribution is 7.45. The van der Waals surface area contributed by atoms with Gasteiger partial charge in [-0.1, -0.05) is 126 Å². The summed E-state index contributed by atoms with van der Waals surface area (Å²) in [6, 6.07) is -1.02. The van der Waals surface area contributed by atoms with Gasteiger partial charge in [0, 0.05) is 12.8 Å². The maximum absolute atomic E-state index is 12.8. The van der Waals surface area contributed by atoms with Crippen molar-refractivity contribution >= 4 is 19.5 Å². The van der Waals surface area contributed by atoms with E-state index in [2.05, 4.69) is 55.6 Å². The fraction of sp³-hybridized carbons (Fsp3) is 0.667. The predicted octanol–water partition coefficient (Wildman–Crippen LogP) is 9.01. The fourth-order valence-corrected chi connectivity index (χ4v) is 5.61. The third kappa shape index (κ3) is 34.7. The van der Waals surface area contributed by atoms with E-state index in [1.165, 1.54) is 63.9 Å². The normalized spacial score (nSPS) is 15.2. The molecule has 0 aliphatic rings. The van der Waals surface area contributed by atoms with Crippen LogP contribution in [0.5, 0.6) is 0 Å². The molecule has 1 amide bonds. The minimum absolute atomic E-state index is 0.0403. The molecule has 0 aliphatic carbocycles. The first kappa shape index (κ1) is 49.6. The molecule has 0 aromatic heterocycles. The molecule has 10 heteroatoms. The van der Waals surface area contributed by atoms with Crippen LogP contribution in [0.4, 0.5) is 0 Å². The third-order valence-corrected chi connectivity index (χ3v) is 9.08. The zero-order valence-electron chi connectivity index (χ0n) is 33.2. The number of unbranched alkanes of at least 4 members (excludes halogenated alkanes) is 10. The zero-order chi connectivity index (χ0) is 38.8. The Bertz CT molecular complexity index is 1140. The quantitative estimate of drug-likeness (QED) is 0.0168. The van der Waals surface area contributed by atoms with Gasteiger partial charge < -0.3 is 28.8 Å². The number of carbonyl (C=O) groups is 2. The molecule has 0 saturated carbocycles. The molecule has 3 atom stereocenters. The summed E-state index contributed by atoms with van der Waals surface area (Å²) in [7, 11) is 1.08. The molecule has 0 rings (SSSR count). The number of ketones is 1. The molecule has 0 radical (unpaired) electrons. The Labute approximate surface area is 317 Å². The molecule has 298 valence electrons. The van der Waals surface area contributed by atoms with Crippen molar-refractivity contribution in [1.29, 1.82) is 0 Å². The van der Waals surface area contributed by atoms with E-state index in [1.54, 1.807) is 12.2 Å². The summed E-state index contributed by atoms with van der Waals surface area (Å²) in [6.07, 6.45) is 39.5. The topological polar surface area (TPSA) is 125 Å². The van der Waals surface area contributed by atoms with Crippen LogP contribution in [0.25, 0.3) is 0 Å². The Hall–Kier alpha value is -2.39. The monoisotopic (exact) mass is 749 g/mol. The minimum Gasteiger partial charge on any atom is -0.756 e. The lowest BCUT2D eigenvalue weighted by molar-refractivity contribution is -0.870. The highest BCUT2D eigenvalue weighted by atomic mass is 31.2. The molecular weight excluding hydrogens is 675 g/mol. The Morgan fingerprint density at radius 2 is 1.31 bits per heavy atom. The van der Waals surface area contributed by atoms with Gasteiger partial charge >= 0.3 is 0 Å². The van der Waals surface area contributed by atoms with Crippen LogP contribution in [-0.2, 0) is 23.2 Å². The van der Waals surface area contributed by atoms with Gasteiger partial charge in [-0.05, 0) is 63.9 Å². The molecule has 9 nitrogen and oxygen atoms in total. The molecule has 0 saturated heterocycles. The van der Waals surface area contributed by atoms with Crippen molar-refractivity contribution in [1.82, 2.24) is 5.32 Å². The summed E-state index contributed by atoms with van der Waals surface area (Å²) in [6.45, 7) is 4.34. The molecule has 0 fully saturated rings. The first-order valence-corrected chi connectivity index (χ1v) is 21.2. The molecule has 0 aromatic carbocycles. The van der Waals surface area contributed by atoms with Crippen molar-refractivity contribution in [2.45, 2.75) is 142 Å². The number of allylic oxidation sites excluding steroid dienone is 11. The molecule has 52 heavy (non-hydrogen) atoms. The lowest BCUT2D eigenvalue weighted by atomic mass is 10.1. The van der Waals surface area contributed by atoms with Crippen molar-refractivity contribution in [2.24, 2.45) is 0 Å². The van der Waals surface area contributed by atoms with Gasteiger partial charge in [0.15, 0.2) is 5.78 Å². The van der Waals surface area contributed by atoms with Crippen LogP contribution in [0.2, 0.25) is 0 Å². The molecule has 0 spiro atoms. The van der Waals surface area contributed by atoms with Gasteiger partial charge in [0.1, 0.15) is 13.2 Å². The number of hydrogen-bond donors (Lipinski definition) is 2. The van der Waals surface area contributed by atoms with E-state index >= 15 is 0 Å². The van der Waals surface area contributed by atoms with Gasteiger partial charge in [-0.25, -0.2) is 0 Å². The summed E-state index contributed by atoms with van der Waals surface area (Å²) in [5.41, 5.74) is 0. The zero-order valence-corrected chi connectivity index (χ0v) is 34.1. The van der Waals surface area contributed by atoms with E-state index in [9.17, 15) is 24.2 Å². The van der Waals surface area contributed by atoms with Gasteiger partial charge in [0.05, 0.1) is 39.9 Å². The number of amides is 1. The highest BCUT2D eigenvalue weighted by Crippen LogP contribution is 2.38. The molecular formula is C42H73N2O7P. The minimum atomic E-state index is -4.66. The molecule has 2 N–H and O–H groups in total. The fourth-order valence-electron chi connectivity index (χ4n) is 4.88. The second-order valence-corrected chi connectivity index (χ2v) is 15.7. The molecule has 0 aliphatic heterocycles. The first-order valence-electron chi connectivity index (χ1n) is 19.8. The largest absolute Gasteiger partial charge is 0.756 e. The van der Waals surface area contributed by atoms with E-state index < -0.39 is 32.5 Å². The van der Waals surface area contributed by atoms with Crippen LogP contribution in [0, 0.1) is 0 Å². The van der Waals surface area contributed by atoms with Crippen LogP contribution in [0.3, 0.4) is 0 Å². The number of quaternary nitrogens is 1. The number of nitrogens with one attached hydrogen (secondary N) is 1. The first-order chi connectivity index (χ1) is 24.9. The number of phosphoric ester groups is 1. The van der Waals surface area contributed by atoms with E-state index in [4.69, 9.17) is 9.05 Å². The van der Waals surface area contributed by atoms with Crippen LogP contribution < -0.4 is 10.2 Å². The van der Waals surface area contributed by atoms with E-state index in [0.29, 0.717) is 23.9 Å². The van der Waals surface area contributed by atoms with Crippen molar-refractivity contribution in [3.63, 3.8) is 0 Å². The van der Waals surface area contributed by atoms with Gasteiger partial charge in [0.25, 0.3) is 7.82 Å². The van der Waals surface area contributed by atoms with Gasteiger partial charge in [-0.2, -0.15) is 0 Å².